The Kier molecular flexibility index (Phi) is 5.30. The minimum atomic E-state index is -5.29. The van der Waals surface area contributed by atoms with Crippen LogP contribution in [0.4, 0.5) is 0 Å². The maximum atomic E-state index is 11.0. The summed E-state index contributed by atoms with van der Waals surface area (Å²) in [6.45, 7) is 0. The Labute approximate surface area is 104 Å². The molecular weight excluding hydrogens is 330 g/mol. The van der Waals surface area contributed by atoms with Gasteiger partial charge in [0.05, 0.1) is 0 Å². The van der Waals surface area contributed by atoms with Gasteiger partial charge >= 0.3 is 15.2 Å². The predicted molar refractivity (Wildman–Crippen MR) is 56.3 cm³/mol. The Morgan fingerprint density at radius 3 is 1.56 bits per heavy atom. The Morgan fingerprint density at radius 1 is 1.06 bits per heavy atom. The summed E-state index contributed by atoms with van der Waals surface area (Å²) in [6.07, 6.45) is 0. The molecule has 0 spiro atoms. The number of carbonyl (C=O) groups excluding carboxylic acids is 1. The molecule has 0 aliphatic rings. The molecule has 96 valence electrons. The monoisotopic (exact) mass is 335 g/mol. The zero-order chi connectivity index (χ0) is 13.4. The van der Waals surface area contributed by atoms with Crippen LogP contribution in [0.25, 0.3) is 0 Å². The van der Waals surface area contributed by atoms with Gasteiger partial charge in [0.25, 0.3) is 9.70 Å². The van der Waals surface area contributed by atoms with Crippen LogP contribution >= 0.6 is 50.0 Å². The van der Waals surface area contributed by atoms with Crippen molar-refractivity contribution in [1.29, 1.82) is 0 Å². The topological polar surface area (TPSA) is 144 Å². The van der Waals surface area contributed by atoms with Gasteiger partial charge in [-0.1, -0.05) is 34.8 Å². The number of amides is 1. The van der Waals surface area contributed by atoms with Crippen LogP contribution in [0.1, 0.15) is 0 Å². The molecule has 0 fully saturated rings. The second-order valence-corrected chi connectivity index (χ2v) is 8.60. The fraction of sp³-hybridized carbons (Fsp3) is 0.667. The number of nitrogens with one attached hydrogen (secondary N) is 1. The molecule has 5 N–H and O–H groups in total. The molecule has 0 rings (SSSR count). The molecule has 0 aromatic rings. The van der Waals surface area contributed by atoms with Gasteiger partial charge in [-0.15, -0.1) is 0 Å². The molecule has 0 radical (unpaired) electrons. The molecule has 8 nitrogen and oxygen atoms in total. The van der Waals surface area contributed by atoms with Crippen molar-refractivity contribution in [3.05, 3.63) is 0 Å². The van der Waals surface area contributed by atoms with Crippen LogP contribution in [-0.2, 0) is 13.9 Å². The fourth-order valence-electron chi connectivity index (χ4n) is 0.563. The molecule has 0 aromatic carbocycles. The van der Waals surface area contributed by atoms with Gasteiger partial charge in [0.2, 0.25) is 5.52 Å². The van der Waals surface area contributed by atoms with Gasteiger partial charge in [0, 0.05) is 0 Å². The van der Waals surface area contributed by atoms with Gasteiger partial charge in [-0.2, -0.15) is 0 Å². The van der Waals surface area contributed by atoms with Crippen molar-refractivity contribution in [1.82, 2.24) is 5.32 Å². The average molecular weight is 336 g/mol. The predicted octanol–water partition coefficient (Wildman–Crippen LogP) is 0.112. The number of alkyl halides is 3. The Hall–Kier alpha value is 0.640. The van der Waals surface area contributed by atoms with E-state index < -0.39 is 30.4 Å². The summed E-state index contributed by atoms with van der Waals surface area (Å²) in [4.78, 5) is 45.4. The van der Waals surface area contributed by atoms with E-state index in [2.05, 4.69) is 0 Å². The standard InChI is InChI=1S/C3H6Cl3NO7P2/c4-3(5,6)1(8)7-2(15(9,10)11)16(12,13)14/h2H,(H,7,8)(H2,9,10,11)(H2,12,13,14). The highest BCUT2D eigenvalue weighted by Crippen LogP contribution is 2.58. The van der Waals surface area contributed by atoms with E-state index in [4.69, 9.17) is 54.4 Å². The zero-order valence-electron chi connectivity index (χ0n) is 7.12. The number of rotatable bonds is 3. The van der Waals surface area contributed by atoms with Crippen LogP contribution in [0.5, 0.6) is 0 Å². The van der Waals surface area contributed by atoms with Gasteiger partial charge in [-0.3, -0.25) is 13.9 Å². The summed E-state index contributed by atoms with van der Waals surface area (Å²) in [5, 5.41) is 1.28. The third kappa shape index (κ3) is 5.31. The molecule has 0 saturated carbocycles. The molecular formula is C3H6Cl3NO7P2. The van der Waals surface area contributed by atoms with E-state index >= 15 is 0 Å². The van der Waals surface area contributed by atoms with E-state index in [1.54, 1.807) is 0 Å². The van der Waals surface area contributed by atoms with Gasteiger partial charge in [0.1, 0.15) is 0 Å². The summed E-state index contributed by atoms with van der Waals surface area (Å²) in [5.41, 5.74) is -2.75. The second-order valence-electron chi connectivity index (χ2n) is 2.52. The van der Waals surface area contributed by atoms with E-state index in [0.29, 0.717) is 0 Å². The number of carbonyl (C=O) groups is 1. The molecule has 0 aliphatic carbocycles. The van der Waals surface area contributed by atoms with E-state index in [-0.39, 0.29) is 0 Å². The first kappa shape index (κ1) is 16.6. The first-order valence-electron chi connectivity index (χ1n) is 3.24. The summed E-state index contributed by atoms with van der Waals surface area (Å²) in [5.74, 6) is -1.56. The Morgan fingerprint density at radius 2 is 1.38 bits per heavy atom. The molecule has 0 aliphatic heterocycles. The third-order valence-corrected chi connectivity index (χ3v) is 5.01. The lowest BCUT2D eigenvalue weighted by molar-refractivity contribution is -0.120. The maximum Gasteiger partial charge on any atom is 0.360 e. The summed E-state index contributed by atoms with van der Waals surface area (Å²) < 4.78 is 18.8. The van der Waals surface area contributed by atoms with E-state index in [1.807, 2.05) is 0 Å². The SMILES string of the molecule is O=C(NC(P(=O)(O)O)P(=O)(O)O)C(Cl)(Cl)Cl. The smallest absolute Gasteiger partial charge is 0.328 e. The zero-order valence-corrected chi connectivity index (χ0v) is 11.2. The van der Waals surface area contributed by atoms with E-state index in [1.165, 1.54) is 5.32 Å². The molecule has 0 unspecified atom stereocenters. The van der Waals surface area contributed by atoms with Crippen molar-refractivity contribution < 1.29 is 33.5 Å². The third-order valence-electron chi connectivity index (χ3n) is 1.15. The molecule has 0 aromatic heterocycles. The summed E-state index contributed by atoms with van der Waals surface area (Å²) >= 11 is 15.1. The maximum absolute atomic E-state index is 11.0. The average Bonchev–Trinajstić information content (AvgIpc) is 1.92. The largest absolute Gasteiger partial charge is 0.360 e. The van der Waals surface area contributed by atoms with Crippen LogP contribution in [0, 0.1) is 0 Å². The Balaban J connectivity index is 5.09. The molecule has 0 bridgehead atoms. The number of halogens is 3. The summed E-state index contributed by atoms with van der Waals surface area (Å²) in [6, 6.07) is 0. The van der Waals surface area contributed by atoms with Crippen LogP contribution in [0.2, 0.25) is 0 Å². The van der Waals surface area contributed by atoms with E-state index in [0.717, 1.165) is 0 Å². The first-order valence-corrected chi connectivity index (χ1v) is 7.74. The molecule has 0 atom stereocenters. The van der Waals surface area contributed by atoms with Gasteiger partial charge in [-0.25, -0.2) is 0 Å². The molecule has 0 saturated heterocycles. The fourth-order valence-corrected chi connectivity index (χ4v) is 2.87. The highest BCUT2D eigenvalue weighted by molar-refractivity contribution is 7.70. The minimum Gasteiger partial charge on any atom is -0.328 e. The van der Waals surface area contributed by atoms with Crippen LogP contribution in [0.15, 0.2) is 0 Å². The minimum absolute atomic E-state index is 1.28. The van der Waals surface area contributed by atoms with Crippen molar-refractivity contribution in [2.24, 2.45) is 0 Å². The highest BCUT2D eigenvalue weighted by Gasteiger charge is 2.47. The van der Waals surface area contributed by atoms with Crippen molar-refractivity contribution in [2.75, 3.05) is 0 Å². The van der Waals surface area contributed by atoms with E-state index in [9.17, 15) is 13.9 Å². The van der Waals surface area contributed by atoms with Crippen LogP contribution in [0.3, 0.4) is 0 Å². The van der Waals surface area contributed by atoms with Crippen molar-refractivity contribution in [2.45, 2.75) is 9.32 Å². The second kappa shape index (κ2) is 5.10. The summed E-state index contributed by atoms with van der Waals surface area (Å²) in [7, 11) is -10.6. The van der Waals surface area contributed by atoms with Gasteiger partial charge in [0.15, 0.2) is 0 Å². The van der Waals surface area contributed by atoms with Crippen LogP contribution in [-0.4, -0.2) is 34.8 Å². The van der Waals surface area contributed by atoms with Gasteiger partial charge in [-0.05, 0) is 0 Å². The number of hydrogen-bond acceptors (Lipinski definition) is 3. The number of hydrogen-bond donors (Lipinski definition) is 5. The van der Waals surface area contributed by atoms with Crippen LogP contribution < -0.4 is 5.32 Å². The van der Waals surface area contributed by atoms with Crippen molar-refractivity contribution in [3.63, 3.8) is 0 Å². The normalized spacial score (nSPS) is 14.0. The lowest BCUT2D eigenvalue weighted by Crippen LogP contribution is -2.41. The molecule has 16 heavy (non-hydrogen) atoms. The first-order chi connectivity index (χ1) is 6.76. The molecule has 1 amide bonds. The Bertz CT molecular complexity index is 346. The molecule has 13 heteroatoms. The highest BCUT2D eigenvalue weighted by atomic mass is 35.6. The van der Waals surface area contributed by atoms with Gasteiger partial charge < -0.3 is 24.9 Å². The quantitative estimate of drug-likeness (QED) is 0.363. The lowest BCUT2D eigenvalue weighted by atomic mass is 10.7. The molecule has 0 heterocycles. The van der Waals surface area contributed by atoms with Crippen molar-refractivity contribution in [3.8, 4) is 0 Å². The van der Waals surface area contributed by atoms with Crippen molar-refractivity contribution >= 4 is 55.9 Å². The lowest BCUT2D eigenvalue weighted by Gasteiger charge is -2.22.